The largest absolute Gasteiger partial charge is 0.455 e. The highest BCUT2D eigenvalue weighted by Gasteiger charge is 2.19. The van der Waals surface area contributed by atoms with Gasteiger partial charge in [-0.1, -0.05) is 170 Å². The van der Waals surface area contributed by atoms with Crippen molar-refractivity contribution in [3.05, 3.63) is 194 Å². The van der Waals surface area contributed by atoms with Crippen LogP contribution in [0.4, 0.5) is 0 Å². The highest BCUT2D eigenvalue weighted by molar-refractivity contribution is 6.22. The van der Waals surface area contributed by atoms with Gasteiger partial charge in [-0.15, -0.1) is 0 Å². The average Bonchev–Trinajstić information content (AvgIpc) is 3.91. The molecule has 0 atom stereocenters. The van der Waals surface area contributed by atoms with Crippen molar-refractivity contribution < 1.29 is 4.42 Å². The molecular formula is C54H33N5O. The van der Waals surface area contributed by atoms with Crippen LogP contribution < -0.4 is 0 Å². The SMILES string of the molecule is c1ccc(-c2ccc3c(c2)nc(-c2ccc(-c4nc(-c5ccccc5)nc(-c5cccc(-c6cccc7c6oc6ccccc67)c5)n4)cc2)c2[nH]c4ccccc4c23)cc1. The first-order valence-electron chi connectivity index (χ1n) is 20.0. The number of fused-ring (bicyclic) bond motifs is 8. The summed E-state index contributed by atoms with van der Waals surface area (Å²) in [4.78, 5) is 24.3. The van der Waals surface area contributed by atoms with Crippen LogP contribution in [0.25, 0.3) is 122 Å². The molecule has 0 amide bonds. The van der Waals surface area contributed by atoms with Crippen LogP contribution in [-0.2, 0) is 0 Å². The molecule has 1 N–H and O–H groups in total. The van der Waals surface area contributed by atoms with Crippen molar-refractivity contribution in [3.63, 3.8) is 0 Å². The third-order valence-electron chi connectivity index (χ3n) is 11.5. The second kappa shape index (κ2) is 13.7. The molecule has 8 aromatic carbocycles. The first kappa shape index (κ1) is 33.9. The summed E-state index contributed by atoms with van der Waals surface area (Å²) in [6.45, 7) is 0. The van der Waals surface area contributed by atoms with Crippen molar-refractivity contribution in [2.75, 3.05) is 0 Å². The lowest BCUT2D eigenvalue weighted by atomic mass is 9.99. The van der Waals surface area contributed by atoms with Gasteiger partial charge in [0.1, 0.15) is 11.2 Å². The van der Waals surface area contributed by atoms with Gasteiger partial charge in [0.25, 0.3) is 0 Å². The number of furan rings is 1. The van der Waals surface area contributed by atoms with Crippen LogP contribution in [0.1, 0.15) is 0 Å². The first-order chi connectivity index (χ1) is 29.7. The lowest BCUT2D eigenvalue weighted by Crippen LogP contribution is -2.00. The molecule has 12 aromatic rings. The summed E-state index contributed by atoms with van der Waals surface area (Å²) in [5.74, 6) is 1.78. The van der Waals surface area contributed by atoms with Crippen LogP contribution in [-0.4, -0.2) is 24.9 Å². The van der Waals surface area contributed by atoms with Crippen LogP contribution in [0.15, 0.2) is 199 Å². The summed E-state index contributed by atoms with van der Waals surface area (Å²) in [5, 5.41) is 5.65. The van der Waals surface area contributed by atoms with Gasteiger partial charge in [-0.05, 0) is 41.0 Å². The topological polar surface area (TPSA) is 80.5 Å². The quantitative estimate of drug-likeness (QED) is 0.182. The lowest BCUT2D eigenvalue weighted by molar-refractivity contribution is 0.670. The Balaban J connectivity index is 0.980. The molecule has 0 aliphatic heterocycles. The van der Waals surface area contributed by atoms with Gasteiger partial charge < -0.3 is 9.40 Å². The van der Waals surface area contributed by atoms with Gasteiger partial charge in [-0.3, -0.25) is 0 Å². The van der Waals surface area contributed by atoms with E-state index in [2.05, 4.69) is 145 Å². The zero-order valence-corrected chi connectivity index (χ0v) is 32.2. The fourth-order valence-electron chi connectivity index (χ4n) is 8.56. The van der Waals surface area contributed by atoms with E-state index in [1.165, 1.54) is 10.8 Å². The molecule has 0 unspecified atom stereocenters. The van der Waals surface area contributed by atoms with Crippen LogP contribution in [0.3, 0.4) is 0 Å². The Bertz CT molecular complexity index is 3590. The summed E-state index contributed by atoms with van der Waals surface area (Å²) >= 11 is 0. The van der Waals surface area contributed by atoms with Crippen molar-refractivity contribution in [1.82, 2.24) is 24.9 Å². The van der Waals surface area contributed by atoms with Crippen molar-refractivity contribution >= 4 is 54.6 Å². The molecule has 280 valence electrons. The molecule has 0 spiro atoms. The zero-order chi connectivity index (χ0) is 39.6. The number of hydrogen-bond donors (Lipinski definition) is 1. The number of H-pyrrole nitrogens is 1. The van der Waals surface area contributed by atoms with E-state index in [0.717, 1.165) is 94.1 Å². The first-order valence-corrected chi connectivity index (χ1v) is 20.0. The van der Waals surface area contributed by atoms with Gasteiger partial charge >= 0.3 is 0 Å². The van der Waals surface area contributed by atoms with E-state index < -0.39 is 0 Å². The number of aromatic amines is 1. The van der Waals surface area contributed by atoms with Gasteiger partial charge in [-0.25, -0.2) is 19.9 Å². The summed E-state index contributed by atoms with van der Waals surface area (Å²) < 4.78 is 6.41. The van der Waals surface area contributed by atoms with Gasteiger partial charge in [0.15, 0.2) is 17.5 Å². The van der Waals surface area contributed by atoms with Crippen molar-refractivity contribution in [2.45, 2.75) is 0 Å². The Morgan fingerprint density at radius 3 is 1.75 bits per heavy atom. The Kier molecular flexibility index (Phi) is 7.74. The lowest BCUT2D eigenvalue weighted by Gasteiger charge is -2.11. The molecule has 12 rings (SSSR count). The van der Waals surface area contributed by atoms with Crippen LogP contribution in [0.5, 0.6) is 0 Å². The fraction of sp³-hybridized carbons (Fsp3) is 0. The van der Waals surface area contributed by atoms with Gasteiger partial charge in [0.05, 0.1) is 16.7 Å². The maximum absolute atomic E-state index is 6.41. The van der Waals surface area contributed by atoms with Gasteiger partial charge in [0, 0.05) is 60.3 Å². The molecule has 6 nitrogen and oxygen atoms in total. The van der Waals surface area contributed by atoms with E-state index in [-0.39, 0.29) is 0 Å². The van der Waals surface area contributed by atoms with E-state index in [1.54, 1.807) is 0 Å². The Morgan fingerprint density at radius 1 is 0.367 bits per heavy atom. The normalized spacial score (nSPS) is 11.7. The van der Waals surface area contributed by atoms with Crippen LogP contribution in [0, 0.1) is 0 Å². The summed E-state index contributed by atoms with van der Waals surface area (Å²) in [7, 11) is 0. The smallest absolute Gasteiger partial charge is 0.164 e. The summed E-state index contributed by atoms with van der Waals surface area (Å²) in [5.41, 5.74) is 13.7. The maximum Gasteiger partial charge on any atom is 0.164 e. The van der Waals surface area contributed by atoms with Gasteiger partial charge in [0.2, 0.25) is 0 Å². The molecule has 0 aliphatic rings. The Morgan fingerprint density at radius 2 is 0.950 bits per heavy atom. The zero-order valence-electron chi connectivity index (χ0n) is 32.2. The predicted molar refractivity (Wildman–Crippen MR) is 244 cm³/mol. The number of nitrogens with one attached hydrogen (secondary N) is 1. The fourth-order valence-corrected chi connectivity index (χ4v) is 8.56. The minimum Gasteiger partial charge on any atom is -0.455 e. The monoisotopic (exact) mass is 767 g/mol. The number of aromatic nitrogens is 5. The molecule has 0 radical (unpaired) electrons. The molecule has 0 saturated carbocycles. The summed E-state index contributed by atoms with van der Waals surface area (Å²) in [6, 6.07) is 66.9. The highest BCUT2D eigenvalue weighted by Crippen LogP contribution is 2.40. The number of pyridine rings is 1. The molecule has 60 heavy (non-hydrogen) atoms. The van der Waals surface area contributed by atoms with Crippen molar-refractivity contribution in [2.24, 2.45) is 0 Å². The maximum atomic E-state index is 6.41. The number of nitrogens with zero attached hydrogens (tertiary/aromatic N) is 4. The van der Waals surface area contributed by atoms with Crippen molar-refractivity contribution in [3.8, 4) is 67.7 Å². The Labute approximate surface area is 344 Å². The Hall–Kier alpha value is -8.22. The van der Waals surface area contributed by atoms with E-state index in [4.69, 9.17) is 24.4 Å². The van der Waals surface area contributed by atoms with E-state index >= 15 is 0 Å². The molecular weight excluding hydrogens is 735 g/mol. The average molecular weight is 768 g/mol. The molecule has 0 saturated heterocycles. The van der Waals surface area contributed by atoms with E-state index in [0.29, 0.717) is 17.5 Å². The number of para-hydroxylation sites is 3. The molecule has 4 aromatic heterocycles. The minimum atomic E-state index is 0.588. The third-order valence-corrected chi connectivity index (χ3v) is 11.5. The molecule has 0 fully saturated rings. The number of hydrogen-bond acceptors (Lipinski definition) is 5. The molecule has 0 aliphatic carbocycles. The second-order valence-electron chi connectivity index (χ2n) is 15.1. The molecule has 4 heterocycles. The predicted octanol–water partition coefficient (Wildman–Crippen LogP) is 14.0. The third kappa shape index (κ3) is 5.65. The van der Waals surface area contributed by atoms with Crippen LogP contribution in [0.2, 0.25) is 0 Å². The van der Waals surface area contributed by atoms with Crippen molar-refractivity contribution in [1.29, 1.82) is 0 Å². The summed E-state index contributed by atoms with van der Waals surface area (Å²) in [6.07, 6.45) is 0. The minimum absolute atomic E-state index is 0.588. The molecule has 0 bridgehead atoms. The second-order valence-corrected chi connectivity index (χ2v) is 15.1. The number of rotatable bonds is 6. The standard InChI is InChI=1S/C54H33N5O/c1-3-13-33(14-4-1)37-29-30-44-46(32-37)56-49(50-48(44)43-20-7-9-23-45(43)55-50)34-25-27-36(28-26-34)53-57-52(35-15-5-2-6-16-35)58-54(59-53)39-18-11-17-38(31-39)40-21-12-22-42-41-19-8-10-24-47(41)60-51(40)42/h1-32,55H. The van der Waals surface area contributed by atoms with Crippen LogP contribution >= 0.6 is 0 Å². The highest BCUT2D eigenvalue weighted by atomic mass is 16.3. The van der Waals surface area contributed by atoms with E-state index in [9.17, 15) is 0 Å². The molecule has 6 heteroatoms. The van der Waals surface area contributed by atoms with Gasteiger partial charge in [-0.2, -0.15) is 0 Å². The van der Waals surface area contributed by atoms with E-state index in [1.807, 2.05) is 54.6 Å². The number of benzene rings is 8.